The minimum atomic E-state index is -0.416. The molecule has 1 rings (SSSR count). The zero-order valence-electron chi connectivity index (χ0n) is 9.69. The zero-order valence-corrected chi connectivity index (χ0v) is 9.69. The summed E-state index contributed by atoms with van der Waals surface area (Å²) in [5.41, 5.74) is 5.01. The monoisotopic (exact) mass is 236 g/mol. The standard InChI is InChI=1S/C11H16N4O2/c1-2-3-6-13-11(17)15-14-10(16)9-4-7-12-8-5-9/h4-5,7-8H,2-3,6H2,1H3,(H,14,16)(H2,13,15,17). The van der Waals surface area contributed by atoms with Gasteiger partial charge in [-0.05, 0) is 18.6 Å². The van der Waals surface area contributed by atoms with Gasteiger partial charge < -0.3 is 5.32 Å². The molecule has 0 saturated heterocycles. The van der Waals surface area contributed by atoms with Gasteiger partial charge in [0, 0.05) is 24.5 Å². The first-order valence-corrected chi connectivity index (χ1v) is 5.48. The zero-order chi connectivity index (χ0) is 12.5. The van der Waals surface area contributed by atoms with Crippen LogP contribution in [0.5, 0.6) is 0 Å². The van der Waals surface area contributed by atoms with Crippen molar-refractivity contribution in [2.45, 2.75) is 19.8 Å². The number of hydrogen-bond donors (Lipinski definition) is 3. The van der Waals surface area contributed by atoms with E-state index in [2.05, 4.69) is 21.2 Å². The van der Waals surface area contributed by atoms with Crippen molar-refractivity contribution < 1.29 is 9.59 Å². The number of amides is 3. The average molecular weight is 236 g/mol. The number of carbonyl (C=O) groups excluding carboxylic acids is 2. The molecule has 3 N–H and O–H groups in total. The van der Waals surface area contributed by atoms with Crippen molar-refractivity contribution in [3.8, 4) is 0 Å². The highest BCUT2D eigenvalue weighted by Gasteiger charge is 2.05. The molecular formula is C11H16N4O2. The van der Waals surface area contributed by atoms with Gasteiger partial charge in [-0.3, -0.25) is 15.2 Å². The van der Waals surface area contributed by atoms with Crippen LogP contribution in [-0.2, 0) is 0 Å². The van der Waals surface area contributed by atoms with Crippen molar-refractivity contribution in [2.75, 3.05) is 6.54 Å². The first-order valence-electron chi connectivity index (χ1n) is 5.48. The van der Waals surface area contributed by atoms with E-state index in [1.165, 1.54) is 12.4 Å². The summed E-state index contributed by atoms with van der Waals surface area (Å²) in [6.07, 6.45) is 4.93. The van der Waals surface area contributed by atoms with E-state index in [-0.39, 0.29) is 5.91 Å². The van der Waals surface area contributed by atoms with Crippen LogP contribution in [0.15, 0.2) is 24.5 Å². The van der Waals surface area contributed by atoms with Crippen LogP contribution in [-0.4, -0.2) is 23.5 Å². The summed E-state index contributed by atoms with van der Waals surface area (Å²) in [4.78, 5) is 26.5. The summed E-state index contributed by atoms with van der Waals surface area (Å²) in [6, 6.07) is 2.71. The van der Waals surface area contributed by atoms with Gasteiger partial charge in [0.15, 0.2) is 0 Å². The highest BCUT2D eigenvalue weighted by Crippen LogP contribution is 1.94. The van der Waals surface area contributed by atoms with Gasteiger partial charge in [-0.25, -0.2) is 10.2 Å². The van der Waals surface area contributed by atoms with Crippen molar-refractivity contribution in [2.24, 2.45) is 0 Å². The summed E-state index contributed by atoms with van der Waals surface area (Å²) in [6.45, 7) is 2.62. The minimum absolute atomic E-state index is 0.377. The number of carbonyl (C=O) groups is 2. The third-order valence-corrected chi connectivity index (χ3v) is 2.05. The van der Waals surface area contributed by atoms with E-state index < -0.39 is 6.03 Å². The van der Waals surface area contributed by atoms with E-state index in [9.17, 15) is 9.59 Å². The Bertz CT molecular complexity index is 367. The molecule has 0 spiro atoms. The molecule has 0 atom stereocenters. The largest absolute Gasteiger partial charge is 0.337 e. The predicted molar refractivity (Wildman–Crippen MR) is 63.1 cm³/mol. The SMILES string of the molecule is CCCCNC(=O)NNC(=O)c1ccncc1. The number of rotatable bonds is 4. The number of hydrazine groups is 1. The Morgan fingerprint density at radius 1 is 1.24 bits per heavy atom. The van der Waals surface area contributed by atoms with Gasteiger partial charge in [0.1, 0.15) is 0 Å². The molecule has 1 aromatic rings. The fourth-order valence-electron chi connectivity index (χ4n) is 1.11. The Morgan fingerprint density at radius 2 is 1.94 bits per heavy atom. The van der Waals surface area contributed by atoms with Gasteiger partial charge in [0.25, 0.3) is 5.91 Å². The van der Waals surface area contributed by atoms with E-state index >= 15 is 0 Å². The highest BCUT2D eigenvalue weighted by atomic mass is 16.2. The first-order chi connectivity index (χ1) is 8.24. The van der Waals surface area contributed by atoms with E-state index in [4.69, 9.17) is 0 Å². The second-order valence-electron chi connectivity index (χ2n) is 3.42. The fourth-order valence-corrected chi connectivity index (χ4v) is 1.11. The topological polar surface area (TPSA) is 83.1 Å². The number of urea groups is 1. The maximum absolute atomic E-state index is 11.5. The number of aromatic nitrogens is 1. The van der Waals surface area contributed by atoms with Gasteiger partial charge in [-0.15, -0.1) is 0 Å². The molecule has 0 aliphatic heterocycles. The molecule has 92 valence electrons. The van der Waals surface area contributed by atoms with Crippen LogP contribution in [0, 0.1) is 0 Å². The van der Waals surface area contributed by atoms with Crippen LogP contribution < -0.4 is 16.2 Å². The van der Waals surface area contributed by atoms with Crippen LogP contribution in [0.4, 0.5) is 4.79 Å². The number of nitrogens with zero attached hydrogens (tertiary/aromatic N) is 1. The summed E-state index contributed by atoms with van der Waals surface area (Å²) in [7, 11) is 0. The van der Waals surface area contributed by atoms with E-state index in [0.29, 0.717) is 12.1 Å². The summed E-state index contributed by atoms with van der Waals surface area (Å²) >= 11 is 0. The van der Waals surface area contributed by atoms with Gasteiger partial charge >= 0.3 is 6.03 Å². The molecule has 0 saturated carbocycles. The molecular weight excluding hydrogens is 220 g/mol. The fraction of sp³-hybridized carbons (Fsp3) is 0.364. The van der Waals surface area contributed by atoms with Crippen LogP contribution in [0.2, 0.25) is 0 Å². The Kier molecular flexibility index (Phi) is 5.50. The van der Waals surface area contributed by atoms with Gasteiger partial charge in [-0.2, -0.15) is 0 Å². The van der Waals surface area contributed by atoms with Gasteiger partial charge in [-0.1, -0.05) is 13.3 Å². The predicted octanol–water partition coefficient (Wildman–Crippen LogP) is 0.826. The molecule has 0 unspecified atom stereocenters. The van der Waals surface area contributed by atoms with Crippen LogP contribution >= 0.6 is 0 Å². The lowest BCUT2D eigenvalue weighted by Crippen LogP contribution is -2.47. The molecule has 1 aromatic heterocycles. The molecule has 0 aliphatic rings. The third kappa shape index (κ3) is 4.96. The van der Waals surface area contributed by atoms with Gasteiger partial charge in [0.2, 0.25) is 0 Å². The molecule has 6 nitrogen and oxygen atoms in total. The molecule has 0 bridgehead atoms. The second kappa shape index (κ2) is 7.21. The molecule has 0 aliphatic carbocycles. The third-order valence-electron chi connectivity index (χ3n) is 2.05. The number of nitrogens with one attached hydrogen (secondary N) is 3. The summed E-state index contributed by atoms with van der Waals surface area (Å²) < 4.78 is 0. The molecule has 17 heavy (non-hydrogen) atoms. The Morgan fingerprint density at radius 3 is 2.59 bits per heavy atom. The lowest BCUT2D eigenvalue weighted by molar-refractivity contribution is 0.0936. The average Bonchev–Trinajstić information content (AvgIpc) is 2.37. The maximum Gasteiger partial charge on any atom is 0.333 e. The quantitative estimate of drug-likeness (QED) is 0.534. The number of pyridine rings is 1. The van der Waals surface area contributed by atoms with Crippen molar-refractivity contribution >= 4 is 11.9 Å². The molecule has 1 heterocycles. The van der Waals surface area contributed by atoms with Crippen molar-refractivity contribution in [1.29, 1.82) is 0 Å². The van der Waals surface area contributed by atoms with Crippen LogP contribution in [0.3, 0.4) is 0 Å². The van der Waals surface area contributed by atoms with Crippen molar-refractivity contribution in [1.82, 2.24) is 21.2 Å². The van der Waals surface area contributed by atoms with Crippen LogP contribution in [0.1, 0.15) is 30.1 Å². The lowest BCUT2D eigenvalue weighted by atomic mass is 10.3. The maximum atomic E-state index is 11.5. The Labute approximate surface area is 99.8 Å². The van der Waals surface area contributed by atoms with Crippen LogP contribution in [0.25, 0.3) is 0 Å². The lowest BCUT2D eigenvalue weighted by Gasteiger charge is -2.08. The number of hydrogen-bond acceptors (Lipinski definition) is 3. The Hall–Kier alpha value is -2.11. The van der Waals surface area contributed by atoms with Crippen molar-refractivity contribution in [3.63, 3.8) is 0 Å². The minimum Gasteiger partial charge on any atom is -0.337 e. The molecule has 3 amide bonds. The summed E-state index contributed by atoms with van der Waals surface area (Å²) in [5.74, 6) is -0.377. The van der Waals surface area contributed by atoms with E-state index in [1.807, 2.05) is 6.92 Å². The normalized spacial score (nSPS) is 9.47. The smallest absolute Gasteiger partial charge is 0.333 e. The molecule has 0 aromatic carbocycles. The van der Waals surface area contributed by atoms with E-state index in [0.717, 1.165) is 12.8 Å². The molecule has 0 radical (unpaired) electrons. The molecule has 6 heteroatoms. The van der Waals surface area contributed by atoms with Crippen molar-refractivity contribution in [3.05, 3.63) is 30.1 Å². The summed E-state index contributed by atoms with van der Waals surface area (Å²) in [5, 5.41) is 2.61. The van der Waals surface area contributed by atoms with E-state index in [1.54, 1.807) is 12.1 Å². The first kappa shape index (κ1) is 13.0. The highest BCUT2D eigenvalue weighted by molar-refractivity contribution is 5.95. The van der Waals surface area contributed by atoms with Gasteiger partial charge in [0.05, 0.1) is 0 Å². The second-order valence-corrected chi connectivity index (χ2v) is 3.42. The number of unbranched alkanes of at least 4 members (excludes halogenated alkanes) is 1. The molecule has 0 fully saturated rings. The Balaban J connectivity index is 2.26.